The minimum absolute atomic E-state index is 0.151. The fourth-order valence-corrected chi connectivity index (χ4v) is 2.12. The number of aromatic nitrogens is 1. The fourth-order valence-electron chi connectivity index (χ4n) is 1.74. The molecule has 2 heterocycles. The van der Waals surface area contributed by atoms with Crippen molar-refractivity contribution in [2.24, 2.45) is 0 Å². The smallest absolute Gasteiger partial charge is 0.168 e. The number of carbonyl (C=O) groups is 1. The highest BCUT2D eigenvalue weighted by Gasteiger charge is 2.15. The summed E-state index contributed by atoms with van der Waals surface area (Å²) in [5.74, 6) is 0. The number of ether oxygens (including phenoxy) is 2. The molecule has 92 valence electrons. The van der Waals surface area contributed by atoms with E-state index in [9.17, 15) is 4.79 Å². The molecule has 1 aliphatic rings. The molecular weight excluding hydrogens is 286 g/mol. The zero-order valence-electron chi connectivity index (χ0n) is 9.39. The van der Waals surface area contributed by atoms with Crippen LogP contribution in [0.4, 0.5) is 0 Å². The van der Waals surface area contributed by atoms with Crippen molar-refractivity contribution >= 4 is 22.2 Å². The predicted octanol–water partition coefficient (Wildman–Crippen LogP) is 2.70. The van der Waals surface area contributed by atoms with Crippen molar-refractivity contribution in [3.8, 4) is 0 Å². The van der Waals surface area contributed by atoms with Crippen LogP contribution in [0.3, 0.4) is 0 Å². The quantitative estimate of drug-likeness (QED) is 0.802. The second kappa shape index (κ2) is 6.23. The SMILES string of the molecule is O=Cc1ncc(Br)cc1COC1CCCCO1. The van der Waals surface area contributed by atoms with Gasteiger partial charge in [0.25, 0.3) is 0 Å². The number of hydrogen-bond donors (Lipinski definition) is 0. The molecule has 0 bridgehead atoms. The first-order chi connectivity index (χ1) is 8.29. The fraction of sp³-hybridized carbons (Fsp3) is 0.500. The lowest BCUT2D eigenvalue weighted by Crippen LogP contribution is -2.22. The van der Waals surface area contributed by atoms with E-state index in [1.54, 1.807) is 6.20 Å². The molecule has 1 aromatic rings. The molecule has 0 spiro atoms. The molecule has 1 fully saturated rings. The monoisotopic (exact) mass is 299 g/mol. The molecular formula is C12H14BrNO3. The van der Waals surface area contributed by atoms with Gasteiger partial charge in [-0.15, -0.1) is 0 Å². The average Bonchev–Trinajstić information content (AvgIpc) is 2.38. The summed E-state index contributed by atoms with van der Waals surface area (Å²) < 4.78 is 11.9. The van der Waals surface area contributed by atoms with E-state index in [0.717, 1.165) is 42.2 Å². The lowest BCUT2D eigenvalue weighted by Gasteiger charge is -2.22. The van der Waals surface area contributed by atoms with Gasteiger partial charge in [-0.2, -0.15) is 0 Å². The zero-order chi connectivity index (χ0) is 12.1. The van der Waals surface area contributed by atoms with Crippen LogP contribution in [-0.2, 0) is 16.1 Å². The summed E-state index contributed by atoms with van der Waals surface area (Å²) in [7, 11) is 0. The Kier molecular flexibility index (Phi) is 4.65. The highest BCUT2D eigenvalue weighted by Crippen LogP contribution is 2.18. The normalized spacial score (nSPS) is 20.2. The Labute approximate surface area is 108 Å². The van der Waals surface area contributed by atoms with Crippen LogP contribution in [0.5, 0.6) is 0 Å². The Balaban J connectivity index is 1.97. The number of carbonyl (C=O) groups excluding carboxylic acids is 1. The van der Waals surface area contributed by atoms with Crippen molar-refractivity contribution in [1.29, 1.82) is 0 Å². The molecule has 0 aromatic carbocycles. The molecule has 1 saturated heterocycles. The molecule has 0 N–H and O–H groups in total. The van der Waals surface area contributed by atoms with Gasteiger partial charge in [-0.05, 0) is 41.3 Å². The van der Waals surface area contributed by atoms with E-state index in [4.69, 9.17) is 9.47 Å². The van der Waals surface area contributed by atoms with Gasteiger partial charge in [0, 0.05) is 22.8 Å². The molecule has 5 heteroatoms. The maximum atomic E-state index is 10.8. The van der Waals surface area contributed by atoms with E-state index in [1.807, 2.05) is 6.07 Å². The van der Waals surface area contributed by atoms with Gasteiger partial charge in [0.15, 0.2) is 12.6 Å². The van der Waals surface area contributed by atoms with E-state index in [1.165, 1.54) is 0 Å². The Bertz CT molecular complexity index is 391. The lowest BCUT2D eigenvalue weighted by atomic mass is 10.2. The van der Waals surface area contributed by atoms with Gasteiger partial charge in [0.2, 0.25) is 0 Å². The van der Waals surface area contributed by atoms with E-state index < -0.39 is 0 Å². The van der Waals surface area contributed by atoms with Gasteiger partial charge in [0.05, 0.1) is 6.61 Å². The van der Waals surface area contributed by atoms with E-state index in [0.29, 0.717) is 12.3 Å². The molecule has 0 amide bonds. The average molecular weight is 300 g/mol. The third-order valence-electron chi connectivity index (χ3n) is 2.64. The molecule has 1 aromatic heterocycles. The first-order valence-corrected chi connectivity index (χ1v) is 6.41. The number of halogens is 1. The molecule has 4 nitrogen and oxygen atoms in total. The highest BCUT2D eigenvalue weighted by molar-refractivity contribution is 9.10. The van der Waals surface area contributed by atoms with Crippen molar-refractivity contribution in [3.63, 3.8) is 0 Å². The van der Waals surface area contributed by atoms with Crippen LogP contribution >= 0.6 is 15.9 Å². The van der Waals surface area contributed by atoms with Crippen LogP contribution in [0.2, 0.25) is 0 Å². The Morgan fingerprint density at radius 3 is 3.18 bits per heavy atom. The maximum Gasteiger partial charge on any atom is 0.168 e. The van der Waals surface area contributed by atoms with E-state index in [-0.39, 0.29) is 6.29 Å². The van der Waals surface area contributed by atoms with Crippen LogP contribution in [0, 0.1) is 0 Å². The van der Waals surface area contributed by atoms with Crippen molar-refractivity contribution in [1.82, 2.24) is 4.98 Å². The molecule has 0 radical (unpaired) electrons. The van der Waals surface area contributed by atoms with Crippen LogP contribution in [0.25, 0.3) is 0 Å². The van der Waals surface area contributed by atoms with Crippen LogP contribution in [0.15, 0.2) is 16.7 Å². The third kappa shape index (κ3) is 3.59. The zero-order valence-corrected chi connectivity index (χ0v) is 11.0. The first-order valence-electron chi connectivity index (χ1n) is 5.62. The predicted molar refractivity (Wildman–Crippen MR) is 65.7 cm³/mol. The molecule has 1 atom stereocenters. The van der Waals surface area contributed by atoms with Crippen LogP contribution in [-0.4, -0.2) is 24.2 Å². The van der Waals surface area contributed by atoms with Crippen LogP contribution in [0.1, 0.15) is 35.3 Å². The minimum Gasteiger partial charge on any atom is -0.353 e. The van der Waals surface area contributed by atoms with E-state index >= 15 is 0 Å². The summed E-state index contributed by atoms with van der Waals surface area (Å²) >= 11 is 3.33. The Morgan fingerprint density at radius 2 is 2.47 bits per heavy atom. The summed E-state index contributed by atoms with van der Waals surface area (Å²) in [6.45, 7) is 1.10. The summed E-state index contributed by atoms with van der Waals surface area (Å²) in [6.07, 6.45) is 5.33. The number of nitrogens with zero attached hydrogens (tertiary/aromatic N) is 1. The Morgan fingerprint density at radius 1 is 1.59 bits per heavy atom. The molecule has 2 rings (SSSR count). The largest absolute Gasteiger partial charge is 0.353 e. The summed E-state index contributed by atoms with van der Waals surface area (Å²) in [4.78, 5) is 14.8. The van der Waals surface area contributed by atoms with Gasteiger partial charge in [-0.3, -0.25) is 9.78 Å². The van der Waals surface area contributed by atoms with Crippen molar-refractivity contribution in [3.05, 3.63) is 28.0 Å². The minimum atomic E-state index is -0.151. The summed E-state index contributed by atoms with van der Waals surface area (Å²) in [5.41, 5.74) is 1.20. The van der Waals surface area contributed by atoms with Gasteiger partial charge < -0.3 is 9.47 Å². The summed E-state index contributed by atoms with van der Waals surface area (Å²) in [5, 5.41) is 0. The van der Waals surface area contributed by atoms with Crippen molar-refractivity contribution < 1.29 is 14.3 Å². The maximum absolute atomic E-state index is 10.8. The van der Waals surface area contributed by atoms with E-state index in [2.05, 4.69) is 20.9 Å². The lowest BCUT2D eigenvalue weighted by molar-refractivity contribution is -0.169. The van der Waals surface area contributed by atoms with Crippen molar-refractivity contribution in [2.45, 2.75) is 32.2 Å². The number of pyridine rings is 1. The second-order valence-corrected chi connectivity index (χ2v) is 4.84. The first kappa shape index (κ1) is 12.7. The number of aldehydes is 1. The molecule has 17 heavy (non-hydrogen) atoms. The Hall–Kier alpha value is -0.780. The molecule has 0 aliphatic carbocycles. The number of hydrogen-bond acceptors (Lipinski definition) is 4. The highest BCUT2D eigenvalue weighted by atomic mass is 79.9. The standard InChI is InChI=1S/C12H14BrNO3/c13-10-5-9(11(7-15)14-6-10)8-17-12-3-1-2-4-16-12/h5-7,12H,1-4,8H2. The third-order valence-corrected chi connectivity index (χ3v) is 3.08. The summed E-state index contributed by atoms with van der Waals surface area (Å²) in [6, 6.07) is 1.85. The van der Waals surface area contributed by atoms with Gasteiger partial charge in [-0.1, -0.05) is 0 Å². The van der Waals surface area contributed by atoms with Gasteiger partial charge in [0.1, 0.15) is 5.69 Å². The molecule has 1 unspecified atom stereocenters. The van der Waals surface area contributed by atoms with Crippen LogP contribution < -0.4 is 0 Å². The molecule has 1 aliphatic heterocycles. The molecule has 0 saturated carbocycles. The second-order valence-electron chi connectivity index (χ2n) is 3.92. The topological polar surface area (TPSA) is 48.4 Å². The van der Waals surface area contributed by atoms with Gasteiger partial charge >= 0.3 is 0 Å². The van der Waals surface area contributed by atoms with Crippen molar-refractivity contribution in [2.75, 3.05) is 6.61 Å². The van der Waals surface area contributed by atoms with Gasteiger partial charge in [-0.25, -0.2) is 0 Å². The number of rotatable bonds is 4.